The van der Waals surface area contributed by atoms with Crippen LogP contribution in [0.25, 0.3) is 0 Å². The topological polar surface area (TPSA) is 87.4 Å². The van der Waals surface area contributed by atoms with Crippen LogP contribution in [-0.4, -0.2) is 75.4 Å². The third kappa shape index (κ3) is 3.86. The summed E-state index contributed by atoms with van der Waals surface area (Å²) in [6, 6.07) is 1.85. The number of aryl methyl sites for hydroxylation is 2. The van der Waals surface area contributed by atoms with Crippen LogP contribution in [0.4, 0.5) is 5.95 Å². The van der Waals surface area contributed by atoms with Crippen LogP contribution in [0.3, 0.4) is 0 Å². The summed E-state index contributed by atoms with van der Waals surface area (Å²) in [6.45, 7) is 7.56. The Bertz CT molecular complexity index is 777. The lowest BCUT2D eigenvalue weighted by Crippen LogP contribution is -2.53. The molecule has 1 unspecified atom stereocenters. The molecule has 144 valence electrons. The fraction of sp³-hybridized carbons (Fsp3) is 0.611. The number of rotatable bonds is 3. The van der Waals surface area contributed by atoms with Crippen molar-refractivity contribution < 1.29 is 0 Å². The fourth-order valence-electron chi connectivity index (χ4n) is 3.84. The number of anilines is 1. The largest absolute Gasteiger partial charge is 0.356 e. The van der Waals surface area contributed by atoms with Crippen molar-refractivity contribution in [3.05, 3.63) is 30.1 Å². The van der Waals surface area contributed by atoms with Crippen molar-refractivity contribution in [1.82, 2.24) is 34.9 Å². The van der Waals surface area contributed by atoms with Gasteiger partial charge in [-0.2, -0.15) is 0 Å². The molecule has 1 atom stereocenters. The molecular formula is C18H27N9. The second kappa shape index (κ2) is 7.89. The van der Waals surface area contributed by atoms with Crippen molar-refractivity contribution in [1.29, 1.82) is 0 Å². The smallest absolute Gasteiger partial charge is 0.225 e. The molecule has 4 rings (SSSR count). The lowest BCUT2D eigenvalue weighted by Gasteiger charge is -2.37. The van der Waals surface area contributed by atoms with Crippen LogP contribution in [0.15, 0.2) is 23.5 Å². The van der Waals surface area contributed by atoms with Gasteiger partial charge in [0.2, 0.25) is 5.95 Å². The summed E-state index contributed by atoms with van der Waals surface area (Å²) in [7, 11) is 1.86. The number of hydrogen-bond donors (Lipinski definition) is 1. The van der Waals surface area contributed by atoms with Gasteiger partial charge in [-0.05, 0) is 25.3 Å². The van der Waals surface area contributed by atoms with E-state index in [1.54, 1.807) is 12.4 Å². The van der Waals surface area contributed by atoms with Gasteiger partial charge in [-0.15, -0.1) is 10.2 Å². The molecule has 2 aliphatic heterocycles. The van der Waals surface area contributed by atoms with E-state index in [2.05, 4.69) is 44.8 Å². The first-order valence-electron chi connectivity index (χ1n) is 9.61. The summed E-state index contributed by atoms with van der Waals surface area (Å²) in [5, 5.41) is 12.0. The van der Waals surface area contributed by atoms with Crippen molar-refractivity contribution in [3.63, 3.8) is 0 Å². The van der Waals surface area contributed by atoms with Gasteiger partial charge in [0.1, 0.15) is 11.6 Å². The first-order chi connectivity index (χ1) is 13.2. The average molecular weight is 369 g/mol. The van der Waals surface area contributed by atoms with E-state index in [9.17, 15) is 0 Å². The predicted octanol–water partition coefficient (Wildman–Crippen LogP) is 0.337. The Morgan fingerprint density at radius 2 is 1.96 bits per heavy atom. The molecule has 9 nitrogen and oxygen atoms in total. The van der Waals surface area contributed by atoms with Crippen molar-refractivity contribution in [3.8, 4) is 0 Å². The van der Waals surface area contributed by atoms with Gasteiger partial charge >= 0.3 is 0 Å². The van der Waals surface area contributed by atoms with Gasteiger partial charge in [0.25, 0.3) is 0 Å². The van der Waals surface area contributed by atoms with Gasteiger partial charge < -0.3 is 19.7 Å². The van der Waals surface area contributed by atoms with E-state index in [-0.39, 0.29) is 0 Å². The summed E-state index contributed by atoms with van der Waals surface area (Å²) in [5.41, 5.74) is 0. The molecule has 0 bridgehead atoms. The zero-order chi connectivity index (χ0) is 18.6. The Hall–Kier alpha value is -2.71. The van der Waals surface area contributed by atoms with E-state index in [1.165, 1.54) is 0 Å². The third-order valence-electron chi connectivity index (χ3n) is 5.40. The molecule has 4 heterocycles. The molecule has 0 aliphatic carbocycles. The molecule has 0 saturated carbocycles. The van der Waals surface area contributed by atoms with Crippen LogP contribution >= 0.6 is 0 Å². The third-order valence-corrected chi connectivity index (χ3v) is 5.40. The highest BCUT2D eigenvalue weighted by Crippen LogP contribution is 2.19. The second-order valence-electron chi connectivity index (χ2n) is 7.13. The molecule has 0 spiro atoms. The Kier molecular flexibility index (Phi) is 5.17. The molecule has 1 fully saturated rings. The Labute approximate surface area is 159 Å². The summed E-state index contributed by atoms with van der Waals surface area (Å²) >= 11 is 0. The molecule has 27 heavy (non-hydrogen) atoms. The predicted molar refractivity (Wildman–Crippen MR) is 104 cm³/mol. The molecule has 2 aromatic rings. The molecule has 9 heteroatoms. The van der Waals surface area contributed by atoms with Gasteiger partial charge in [-0.25, -0.2) is 9.97 Å². The van der Waals surface area contributed by atoms with E-state index >= 15 is 0 Å². The minimum Gasteiger partial charge on any atom is -0.356 e. The minimum atomic E-state index is 0.572. The van der Waals surface area contributed by atoms with E-state index in [0.29, 0.717) is 5.92 Å². The van der Waals surface area contributed by atoms with Crippen molar-refractivity contribution >= 4 is 11.9 Å². The molecule has 0 amide bonds. The zero-order valence-electron chi connectivity index (χ0n) is 16.0. The number of piperazine rings is 1. The summed E-state index contributed by atoms with van der Waals surface area (Å²) in [4.78, 5) is 17.7. The number of guanidine groups is 1. The van der Waals surface area contributed by atoms with E-state index < -0.39 is 0 Å². The normalized spacial score (nSPS) is 20.5. The number of aliphatic imine (C=N–C) groups is 1. The molecule has 2 aromatic heterocycles. The zero-order valence-corrected chi connectivity index (χ0v) is 16.0. The molecule has 1 N–H and O–H groups in total. The Morgan fingerprint density at radius 3 is 2.70 bits per heavy atom. The summed E-state index contributed by atoms with van der Waals surface area (Å²) < 4.78 is 2.25. The quantitative estimate of drug-likeness (QED) is 0.616. The molecule has 0 aromatic carbocycles. The van der Waals surface area contributed by atoms with Crippen LogP contribution in [0.5, 0.6) is 0 Å². The van der Waals surface area contributed by atoms with Gasteiger partial charge in [0, 0.05) is 65.1 Å². The molecular weight excluding hydrogens is 342 g/mol. The Morgan fingerprint density at radius 1 is 1.19 bits per heavy atom. The Balaban J connectivity index is 1.29. The summed E-state index contributed by atoms with van der Waals surface area (Å²) in [6.07, 6.45) is 5.73. The highest BCUT2D eigenvalue weighted by atomic mass is 15.4. The van der Waals surface area contributed by atoms with Crippen LogP contribution in [0, 0.1) is 12.8 Å². The number of fused-ring (bicyclic) bond motifs is 1. The van der Waals surface area contributed by atoms with Crippen molar-refractivity contribution in [2.24, 2.45) is 10.9 Å². The minimum absolute atomic E-state index is 0.572. The number of nitrogens with one attached hydrogen (secondary N) is 1. The number of hydrogen-bond acceptors (Lipinski definition) is 6. The first-order valence-corrected chi connectivity index (χ1v) is 9.61. The average Bonchev–Trinajstić information content (AvgIpc) is 3.10. The number of nitrogens with zero attached hydrogens (tertiary/aromatic N) is 8. The van der Waals surface area contributed by atoms with E-state index in [0.717, 1.165) is 75.7 Å². The molecule has 2 aliphatic rings. The van der Waals surface area contributed by atoms with Gasteiger partial charge in [-0.3, -0.25) is 4.99 Å². The van der Waals surface area contributed by atoms with Gasteiger partial charge in [0.15, 0.2) is 5.96 Å². The summed E-state index contributed by atoms with van der Waals surface area (Å²) in [5.74, 6) is 4.49. The SMILES string of the molecule is CN=C(NCC1CCc2nnc(C)n2C1)N1CCN(c2ncccn2)CC1. The fourth-order valence-corrected chi connectivity index (χ4v) is 3.84. The molecule has 1 saturated heterocycles. The van der Waals surface area contributed by atoms with E-state index in [1.807, 2.05) is 20.0 Å². The van der Waals surface area contributed by atoms with Crippen LogP contribution < -0.4 is 10.2 Å². The van der Waals surface area contributed by atoms with Gasteiger partial charge in [-0.1, -0.05) is 0 Å². The van der Waals surface area contributed by atoms with Crippen LogP contribution in [-0.2, 0) is 13.0 Å². The molecule has 0 radical (unpaired) electrons. The highest BCUT2D eigenvalue weighted by molar-refractivity contribution is 5.80. The standard InChI is InChI=1S/C18H27N9/c1-14-23-24-16-5-4-15(13-27(14)16)12-22-17(19-2)25-8-10-26(11-9-25)18-20-6-3-7-21-18/h3,6-7,15H,4-5,8-13H2,1-2H3,(H,19,22). The van der Waals surface area contributed by atoms with Crippen LogP contribution in [0.2, 0.25) is 0 Å². The maximum absolute atomic E-state index is 4.50. The monoisotopic (exact) mass is 369 g/mol. The lowest BCUT2D eigenvalue weighted by atomic mass is 9.99. The van der Waals surface area contributed by atoms with Crippen LogP contribution in [0.1, 0.15) is 18.1 Å². The maximum Gasteiger partial charge on any atom is 0.225 e. The maximum atomic E-state index is 4.50. The first kappa shape index (κ1) is 17.7. The number of aromatic nitrogens is 5. The second-order valence-corrected chi connectivity index (χ2v) is 7.13. The highest BCUT2D eigenvalue weighted by Gasteiger charge is 2.24. The van der Waals surface area contributed by atoms with Crippen molar-refractivity contribution in [2.45, 2.75) is 26.3 Å². The van der Waals surface area contributed by atoms with E-state index in [4.69, 9.17) is 0 Å². The lowest BCUT2D eigenvalue weighted by molar-refractivity contribution is 0.338. The van der Waals surface area contributed by atoms with Crippen molar-refractivity contribution in [2.75, 3.05) is 44.7 Å². The van der Waals surface area contributed by atoms with Gasteiger partial charge in [0.05, 0.1) is 0 Å².